The Labute approximate surface area is 157 Å². The van der Waals surface area contributed by atoms with Crippen LogP contribution in [0.3, 0.4) is 0 Å². The topological polar surface area (TPSA) is 89.2 Å². The van der Waals surface area contributed by atoms with Crippen molar-refractivity contribution in [1.82, 2.24) is 0 Å². The Kier molecular flexibility index (Phi) is 4.82. The van der Waals surface area contributed by atoms with E-state index in [1.807, 2.05) is 42.5 Å². The Bertz CT molecular complexity index is 881. The van der Waals surface area contributed by atoms with Crippen molar-refractivity contribution in [2.75, 3.05) is 30.0 Å². The van der Waals surface area contributed by atoms with Crippen molar-refractivity contribution in [3.8, 4) is 11.5 Å². The van der Waals surface area contributed by atoms with E-state index in [9.17, 15) is 4.79 Å². The number of hydrogen-bond donors (Lipinski definition) is 2. The first-order chi connectivity index (χ1) is 13.2. The van der Waals surface area contributed by atoms with E-state index < -0.39 is 0 Å². The number of anilines is 2. The van der Waals surface area contributed by atoms with Crippen molar-refractivity contribution in [3.05, 3.63) is 48.0 Å². The standard InChI is InChI=1S/C20H22N4O3/c21-20(23-15-5-6-17-18(12-15)27-10-2-9-26-17)22-13-14-3-1-4-16(11-14)24-8-7-19(24)25/h1,3-6,11-12H,2,7-10,13H2,(H3,21,22,23). The van der Waals surface area contributed by atoms with Gasteiger partial charge in [0.1, 0.15) is 0 Å². The zero-order valence-electron chi connectivity index (χ0n) is 15.0. The van der Waals surface area contributed by atoms with Crippen LogP contribution in [-0.2, 0) is 11.3 Å². The number of nitrogens with two attached hydrogens (primary N) is 1. The Morgan fingerprint density at radius 2 is 2.00 bits per heavy atom. The Morgan fingerprint density at radius 1 is 1.15 bits per heavy atom. The molecule has 7 nitrogen and oxygen atoms in total. The van der Waals surface area contributed by atoms with Gasteiger partial charge in [0.05, 0.1) is 19.8 Å². The zero-order chi connectivity index (χ0) is 18.6. The lowest BCUT2D eigenvalue weighted by atomic mass is 10.1. The van der Waals surface area contributed by atoms with Gasteiger partial charge in [0.2, 0.25) is 5.91 Å². The number of ether oxygens (including phenoxy) is 2. The van der Waals surface area contributed by atoms with Crippen molar-refractivity contribution in [1.29, 1.82) is 0 Å². The number of β-lactam (4-membered cyclic amide) rings is 1. The molecule has 0 radical (unpaired) electrons. The van der Waals surface area contributed by atoms with Crippen LogP contribution in [0.1, 0.15) is 18.4 Å². The molecule has 2 aliphatic heterocycles. The van der Waals surface area contributed by atoms with Crippen LogP contribution in [0.15, 0.2) is 47.5 Å². The minimum absolute atomic E-state index is 0.159. The summed E-state index contributed by atoms with van der Waals surface area (Å²) in [7, 11) is 0. The van der Waals surface area contributed by atoms with Gasteiger partial charge in [-0.25, -0.2) is 4.99 Å². The highest BCUT2D eigenvalue weighted by Crippen LogP contribution is 2.32. The molecule has 27 heavy (non-hydrogen) atoms. The van der Waals surface area contributed by atoms with Gasteiger partial charge in [-0.2, -0.15) is 0 Å². The SMILES string of the molecule is NC(=NCc1cccc(N2CCC2=O)c1)Nc1ccc2c(c1)OCCCO2. The summed E-state index contributed by atoms with van der Waals surface area (Å²) in [5, 5.41) is 3.08. The smallest absolute Gasteiger partial charge is 0.228 e. The number of amides is 1. The van der Waals surface area contributed by atoms with Crippen LogP contribution in [0.4, 0.5) is 11.4 Å². The third-order valence-corrected chi connectivity index (χ3v) is 4.52. The average Bonchev–Trinajstić information content (AvgIpc) is 2.90. The van der Waals surface area contributed by atoms with Crippen LogP contribution in [0, 0.1) is 0 Å². The van der Waals surface area contributed by atoms with Gasteiger partial charge in [-0.15, -0.1) is 0 Å². The normalized spacial score (nSPS) is 16.5. The number of rotatable bonds is 4. The van der Waals surface area contributed by atoms with E-state index in [4.69, 9.17) is 15.2 Å². The molecule has 0 saturated carbocycles. The summed E-state index contributed by atoms with van der Waals surface area (Å²) in [6, 6.07) is 13.4. The van der Waals surface area contributed by atoms with Crippen molar-refractivity contribution >= 4 is 23.2 Å². The van der Waals surface area contributed by atoms with Crippen LogP contribution in [-0.4, -0.2) is 31.6 Å². The predicted molar refractivity (Wildman–Crippen MR) is 104 cm³/mol. The maximum absolute atomic E-state index is 11.6. The van der Waals surface area contributed by atoms with Gasteiger partial charge in [0.15, 0.2) is 17.5 Å². The van der Waals surface area contributed by atoms with Crippen molar-refractivity contribution in [3.63, 3.8) is 0 Å². The molecule has 0 bridgehead atoms. The number of carbonyl (C=O) groups is 1. The van der Waals surface area contributed by atoms with Gasteiger partial charge >= 0.3 is 0 Å². The van der Waals surface area contributed by atoms with Crippen LogP contribution < -0.4 is 25.4 Å². The van der Waals surface area contributed by atoms with E-state index in [0.717, 1.165) is 35.7 Å². The van der Waals surface area contributed by atoms with Crippen LogP contribution in [0.5, 0.6) is 11.5 Å². The minimum Gasteiger partial charge on any atom is -0.490 e. The third kappa shape index (κ3) is 3.97. The molecule has 1 amide bonds. The third-order valence-electron chi connectivity index (χ3n) is 4.52. The zero-order valence-corrected chi connectivity index (χ0v) is 15.0. The quantitative estimate of drug-likeness (QED) is 0.493. The molecule has 1 saturated heterocycles. The molecule has 7 heteroatoms. The molecule has 2 aromatic carbocycles. The summed E-state index contributed by atoms with van der Waals surface area (Å²) in [4.78, 5) is 17.7. The Balaban J connectivity index is 1.40. The lowest BCUT2D eigenvalue weighted by molar-refractivity contribution is -0.122. The van der Waals surface area contributed by atoms with E-state index in [2.05, 4.69) is 10.3 Å². The van der Waals surface area contributed by atoms with E-state index >= 15 is 0 Å². The van der Waals surface area contributed by atoms with E-state index in [1.54, 1.807) is 4.90 Å². The van der Waals surface area contributed by atoms with E-state index in [-0.39, 0.29) is 5.91 Å². The molecular formula is C20H22N4O3. The first-order valence-electron chi connectivity index (χ1n) is 9.05. The van der Waals surface area contributed by atoms with Gasteiger partial charge in [0, 0.05) is 36.8 Å². The average molecular weight is 366 g/mol. The van der Waals surface area contributed by atoms with Crippen molar-refractivity contribution < 1.29 is 14.3 Å². The molecule has 3 N–H and O–H groups in total. The molecule has 140 valence electrons. The number of aliphatic imine (C=N–C) groups is 1. The Hall–Kier alpha value is -3.22. The fourth-order valence-corrected chi connectivity index (χ4v) is 3.02. The predicted octanol–water partition coefficient (Wildman–Crippen LogP) is 2.51. The number of benzene rings is 2. The van der Waals surface area contributed by atoms with Crippen LogP contribution in [0.2, 0.25) is 0 Å². The summed E-state index contributed by atoms with van der Waals surface area (Å²) >= 11 is 0. The molecule has 0 aromatic heterocycles. The van der Waals surface area contributed by atoms with Gasteiger partial charge in [-0.05, 0) is 29.8 Å². The van der Waals surface area contributed by atoms with E-state index in [0.29, 0.717) is 37.9 Å². The highest BCUT2D eigenvalue weighted by atomic mass is 16.5. The summed E-state index contributed by atoms with van der Waals surface area (Å²) in [5.74, 6) is 1.92. The molecular weight excluding hydrogens is 344 g/mol. The maximum Gasteiger partial charge on any atom is 0.228 e. The first kappa shape index (κ1) is 17.2. The molecule has 2 aromatic rings. The fraction of sp³-hybridized carbons (Fsp3) is 0.300. The first-order valence-corrected chi connectivity index (χ1v) is 9.05. The van der Waals surface area contributed by atoms with Gasteiger partial charge < -0.3 is 25.4 Å². The van der Waals surface area contributed by atoms with Crippen LogP contribution in [0.25, 0.3) is 0 Å². The Morgan fingerprint density at radius 3 is 2.78 bits per heavy atom. The molecule has 1 fully saturated rings. The summed E-state index contributed by atoms with van der Waals surface area (Å²) < 4.78 is 11.3. The largest absolute Gasteiger partial charge is 0.490 e. The van der Waals surface area contributed by atoms with Crippen molar-refractivity contribution in [2.24, 2.45) is 10.7 Å². The number of nitrogens with one attached hydrogen (secondary N) is 1. The second kappa shape index (κ2) is 7.57. The molecule has 0 atom stereocenters. The minimum atomic E-state index is 0.159. The lowest BCUT2D eigenvalue weighted by Gasteiger charge is -2.30. The van der Waals surface area contributed by atoms with Crippen molar-refractivity contribution in [2.45, 2.75) is 19.4 Å². The maximum atomic E-state index is 11.6. The number of hydrogen-bond acceptors (Lipinski definition) is 4. The van der Waals surface area contributed by atoms with Crippen LogP contribution >= 0.6 is 0 Å². The molecule has 0 aliphatic carbocycles. The van der Waals surface area contributed by atoms with E-state index in [1.165, 1.54) is 0 Å². The molecule has 2 heterocycles. The number of guanidine groups is 1. The molecule has 4 rings (SSSR count). The van der Waals surface area contributed by atoms with Gasteiger partial charge in [-0.3, -0.25) is 4.79 Å². The number of carbonyl (C=O) groups excluding carboxylic acids is 1. The summed E-state index contributed by atoms with van der Waals surface area (Å²) in [5.41, 5.74) is 8.72. The second-order valence-corrected chi connectivity index (χ2v) is 6.50. The molecule has 0 spiro atoms. The molecule has 2 aliphatic rings. The number of nitrogens with zero attached hydrogens (tertiary/aromatic N) is 2. The monoisotopic (exact) mass is 366 g/mol. The molecule has 0 unspecified atom stereocenters. The highest BCUT2D eigenvalue weighted by molar-refractivity contribution is 5.99. The fourth-order valence-electron chi connectivity index (χ4n) is 3.02. The van der Waals surface area contributed by atoms with Gasteiger partial charge in [0.25, 0.3) is 0 Å². The summed E-state index contributed by atoms with van der Waals surface area (Å²) in [6.07, 6.45) is 1.48. The number of fused-ring (bicyclic) bond motifs is 1. The highest BCUT2D eigenvalue weighted by Gasteiger charge is 2.24. The summed E-state index contributed by atoms with van der Waals surface area (Å²) in [6.45, 7) is 2.50. The van der Waals surface area contributed by atoms with Gasteiger partial charge in [-0.1, -0.05) is 12.1 Å². The second-order valence-electron chi connectivity index (χ2n) is 6.50. The lowest BCUT2D eigenvalue weighted by Crippen LogP contribution is -2.43.